The Morgan fingerprint density at radius 2 is 2.14 bits per heavy atom. The van der Waals surface area contributed by atoms with Gasteiger partial charge >= 0.3 is 0 Å². The average molecular weight is 233 g/mol. The van der Waals surface area contributed by atoms with E-state index in [1.807, 2.05) is 0 Å². The van der Waals surface area contributed by atoms with Crippen molar-refractivity contribution in [2.75, 3.05) is 19.0 Å². The van der Waals surface area contributed by atoms with Gasteiger partial charge in [0, 0.05) is 32.7 Å². The molecule has 84 valence electrons. The summed E-state index contributed by atoms with van der Waals surface area (Å²) < 4.78 is 102. The topological polar surface area (TPSA) is 18.5 Å². The second-order valence-corrected chi connectivity index (χ2v) is 2.80. The van der Waals surface area contributed by atoms with E-state index >= 15 is 0 Å². The molecule has 1 atom stereocenters. The van der Waals surface area contributed by atoms with Gasteiger partial charge in [-0.3, -0.25) is 0 Å². The van der Waals surface area contributed by atoms with Crippen molar-refractivity contribution in [3.05, 3.63) is 0 Å². The first-order chi connectivity index (χ1) is 11.3. The summed E-state index contributed by atoms with van der Waals surface area (Å²) in [5, 5.41) is 0. The second-order valence-electron chi connectivity index (χ2n) is 2.61. The molecule has 1 saturated heterocycles. The number of hydrogen-bond acceptors (Lipinski definition) is 2. The summed E-state index contributed by atoms with van der Waals surface area (Å²) in [7, 11) is 0. The molecule has 1 fully saturated rings. The van der Waals surface area contributed by atoms with Gasteiger partial charge in [-0.25, -0.2) is 0 Å². The molecular formula is C11H21ClO2. The highest BCUT2D eigenvalue weighted by molar-refractivity contribution is 6.17. The van der Waals surface area contributed by atoms with Crippen molar-refractivity contribution in [2.24, 2.45) is 0 Å². The molecule has 0 amide bonds. The molecule has 0 radical (unpaired) electrons. The van der Waals surface area contributed by atoms with E-state index in [4.69, 9.17) is 37.5 Å². The zero-order valence-corrected chi connectivity index (χ0v) is 8.36. The molecule has 1 aliphatic rings. The van der Waals surface area contributed by atoms with Crippen LogP contribution in [0.4, 0.5) is 0 Å². The molecule has 0 aromatic carbocycles. The maximum absolute atomic E-state index is 7.85. The van der Waals surface area contributed by atoms with Crippen LogP contribution in [-0.4, -0.2) is 25.3 Å². The number of rotatable bonds is 7. The van der Waals surface area contributed by atoms with Crippen molar-refractivity contribution in [1.29, 1.82) is 0 Å². The summed E-state index contributed by atoms with van der Waals surface area (Å²) in [4.78, 5) is 0. The van der Waals surface area contributed by atoms with Gasteiger partial charge in [-0.15, -0.1) is 11.6 Å². The standard InChI is InChI=1S/C11H21ClO2/c12-8-4-1-2-5-9-13-11-7-3-6-10-14-11/h11H,1-10H2/i1D2,2D2,4D2,5D2,8D2,9D2. The number of alkyl halides is 1. The van der Waals surface area contributed by atoms with Crippen molar-refractivity contribution in [1.82, 2.24) is 0 Å². The highest BCUT2D eigenvalue weighted by Crippen LogP contribution is 2.14. The average Bonchev–Trinajstić information content (AvgIpc) is 2.45. The van der Waals surface area contributed by atoms with Crippen LogP contribution >= 0.6 is 11.6 Å². The third-order valence-corrected chi connectivity index (χ3v) is 1.71. The molecule has 1 aliphatic heterocycles. The normalized spacial score (nSPS) is 41.4. The minimum Gasteiger partial charge on any atom is -0.353 e. The number of halogens is 1. The van der Waals surface area contributed by atoms with Crippen molar-refractivity contribution in [3.63, 3.8) is 0 Å². The fourth-order valence-corrected chi connectivity index (χ4v) is 1.06. The fourth-order valence-electron chi connectivity index (χ4n) is 1.01. The second kappa shape index (κ2) is 8.51. The Balaban J connectivity index is 3.24. The monoisotopic (exact) mass is 232 g/mol. The Morgan fingerprint density at radius 1 is 1.29 bits per heavy atom. The lowest BCUT2D eigenvalue weighted by atomic mass is 10.2. The Bertz CT molecular complexity index is 498. The zero-order valence-electron chi connectivity index (χ0n) is 19.6. The zero-order chi connectivity index (χ0) is 20.8. The van der Waals surface area contributed by atoms with Crippen LogP contribution in [0.25, 0.3) is 0 Å². The molecule has 0 aromatic rings. The van der Waals surface area contributed by atoms with Gasteiger partial charge < -0.3 is 9.47 Å². The number of ether oxygens (including phenoxy) is 2. The van der Waals surface area contributed by atoms with E-state index in [1.165, 1.54) is 0 Å². The van der Waals surface area contributed by atoms with Crippen LogP contribution in [0.15, 0.2) is 0 Å². The third kappa shape index (κ3) is 5.84. The van der Waals surface area contributed by atoms with E-state index in [-0.39, 0.29) is 13.0 Å². The fraction of sp³-hybridized carbons (Fsp3) is 1.00. The van der Waals surface area contributed by atoms with Crippen LogP contribution in [0.2, 0.25) is 0 Å². The first kappa shape index (κ1) is 3.61. The van der Waals surface area contributed by atoms with E-state index < -0.39 is 44.2 Å². The van der Waals surface area contributed by atoms with Gasteiger partial charge in [-0.05, 0) is 32.0 Å². The van der Waals surface area contributed by atoms with Crippen LogP contribution in [-0.2, 0) is 9.47 Å². The summed E-state index contributed by atoms with van der Waals surface area (Å²) in [5.41, 5.74) is 0. The minimum atomic E-state index is -3.87. The van der Waals surface area contributed by atoms with Crippen molar-refractivity contribution >= 4 is 11.6 Å². The predicted octanol–water partition coefficient (Wildman–Crippen LogP) is 3.33. The SMILES string of the molecule is [2H]C([2H])(Cl)C([2H])([2H])C([2H])([2H])C([2H])([2H])C([2H])([2H])C([2H])([2H])OC1CCCCO1. The first-order valence-corrected chi connectivity index (χ1v) is 4.69. The Hall–Kier alpha value is 0.210. The minimum absolute atomic E-state index is 0.233. The molecule has 2 nitrogen and oxygen atoms in total. The Kier molecular flexibility index (Phi) is 2.19. The number of hydrogen-bond donors (Lipinski definition) is 0. The molecule has 14 heavy (non-hydrogen) atoms. The summed E-state index contributed by atoms with van der Waals surface area (Å²) in [6, 6.07) is 0. The van der Waals surface area contributed by atoms with Crippen LogP contribution < -0.4 is 0 Å². The van der Waals surface area contributed by atoms with Gasteiger partial charge in [0.05, 0.1) is 2.74 Å². The molecule has 3 heteroatoms. The lowest BCUT2D eigenvalue weighted by Gasteiger charge is -2.22. The van der Waals surface area contributed by atoms with E-state index in [0.29, 0.717) is 12.8 Å². The molecule has 0 spiro atoms. The molecule has 0 N–H and O–H groups in total. The van der Waals surface area contributed by atoms with Crippen molar-refractivity contribution < 1.29 is 25.9 Å². The Labute approximate surface area is 109 Å². The molecule has 1 heterocycles. The molecular weight excluding hydrogens is 200 g/mol. The maximum atomic E-state index is 7.85. The smallest absolute Gasteiger partial charge is 0.157 e. The van der Waals surface area contributed by atoms with Gasteiger partial charge in [0.15, 0.2) is 6.29 Å². The van der Waals surface area contributed by atoms with Crippen molar-refractivity contribution in [3.8, 4) is 0 Å². The highest BCUT2D eigenvalue weighted by atomic mass is 35.5. The van der Waals surface area contributed by atoms with Gasteiger partial charge in [0.1, 0.15) is 0 Å². The molecule has 0 aromatic heterocycles. The molecule has 0 saturated carbocycles. The van der Waals surface area contributed by atoms with E-state index in [9.17, 15) is 0 Å². The molecule has 0 aliphatic carbocycles. The third-order valence-electron chi connectivity index (χ3n) is 1.61. The predicted molar refractivity (Wildman–Crippen MR) is 58.7 cm³/mol. The van der Waals surface area contributed by atoms with Crippen LogP contribution in [0, 0.1) is 0 Å². The van der Waals surface area contributed by atoms with Crippen LogP contribution in [0.3, 0.4) is 0 Å². The summed E-state index contributed by atoms with van der Waals surface area (Å²) in [6.07, 6.45) is -14.8. The largest absolute Gasteiger partial charge is 0.353 e. The molecule has 0 bridgehead atoms. The van der Waals surface area contributed by atoms with Crippen LogP contribution in [0.5, 0.6) is 0 Å². The maximum Gasteiger partial charge on any atom is 0.157 e. The van der Waals surface area contributed by atoms with Crippen molar-refractivity contribution in [2.45, 2.75) is 51.0 Å². The highest BCUT2D eigenvalue weighted by Gasteiger charge is 2.12. The van der Waals surface area contributed by atoms with E-state index in [2.05, 4.69) is 0 Å². The summed E-state index contributed by atoms with van der Waals surface area (Å²) in [6.45, 7) is -3.16. The lowest BCUT2D eigenvalue weighted by Crippen LogP contribution is -2.22. The van der Waals surface area contributed by atoms with Crippen LogP contribution in [0.1, 0.15) is 61.2 Å². The van der Waals surface area contributed by atoms with E-state index in [0.717, 1.165) is 0 Å². The summed E-state index contributed by atoms with van der Waals surface area (Å²) >= 11 is 5.22. The van der Waals surface area contributed by atoms with E-state index in [1.54, 1.807) is 0 Å². The molecule has 1 rings (SSSR count). The molecule has 1 unspecified atom stereocenters. The first-order valence-electron chi connectivity index (χ1n) is 10.3. The van der Waals surface area contributed by atoms with Gasteiger partial charge in [0.25, 0.3) is 0 Å². The van der Waals surface area contributed by atoms with Gasteiger partial charge in [-0.2, -0.15) is 0 Å². The Morgan fingerprint density at radius 3 is 2.86 bits per heavy atom. The van der Waals surface area contributed by atoms with Gasteiger partial charge in [0.2, 0.25) is 0 Å². The lowest BCUT2D eigenvalue weighted by molar-refractivity contribution is -0.162. The van der Waals surface area contributed by atoms with Gasteiger partial charge in [-0.1, -0.05) is 12.7 Å². The quantitative estimate of drug-likeness (QED) is 0.627. The summed E-state index contributed by atoms with van der Waals surface area (Å²) in [5.74, 6) is -3.39.